The molecule has 4 nitrogen and oxygen atoms in total. The lowest BCUT2D eigenvalue weighted by Crippen LogP contribution is -2.12. The molecular formula is C12H15BrO4. The molecule has 1 aromatic rings. The van der Waals surface area contributed by atoms with Crippen LogP contribution in [-0.4, -0.2) is 38.2 Å². The van der Waals surface area contributed by atoms with Crippen molar-refractivity contribution >= 4 is 21.7 Å². The van der Waals surface area contributed by atoms with Crippen LogP contribution in [0.3, 0.4) is 0 Å². The number of rotatable bonds is 8. The van der Waals surface area contributed by atoms with E-state index in [2.05, 4.69) is 15.9 Å². The molecule has 0 saturated carbocycles. The highest BCUT2D eigenvalue weighted by molar-refractivity contribution is 9.09. The molecule has 0 aliphatic carbocycles. The molecule has 94 valence electrons. The molecule has 0 fully saturated rings. The zero-order valence-corrected chi connectivity index (χ0v) is 11.2. The summed E-state index contributed by atoms with van der Waals surface area (Å²) in [6, 6.07) is 7.04. The molecule has 1 aromatic carbocycles. The molecule has 0 aliphatic rings. The topological polar surface area (TPSA) is 44.8 Å². The summed E-state index contributed by atoms with van der Waals surface area (Å²) in [5.74, 6) is 0.416. The van der Waals surface area contributed by atoms with Crippen LogP contribution in [-0.2, 0) is 9.47 Å². The van der Waals surface area contributed by atoms with Gasteiger partial charge in [-0.2, -0.15) is 0 Å². The third-order valence-corrected chi connectivity index (χ3v) is 2.30. The van der Waals surface area contributed by atoms with Crippen molar-refractivity contribution in [2.45, 2.75) is 0 Å². The second-order valence-corrected chi connectivity index (χ2v) is 4.00. The van der Waals surface area contributed by atoms with Crippen LogP contribution >= 0.6 is 15.9 Å². The molecule has 1 rings (SSSR count). The van der Waals surface area contributed by atoms with E-state index in [0.29, 0.717) is 23.2 Å². The van der Waals surface area contributed by atoms with Crippen LogP contribution in [0.4, 0.5) is 0 Å². The van der Waals surface area contributed by atoms with Gasteiger partial charge in [-0.1, -0.05) is 28.1 Å². The van der Waals surface area contributed by atoms with Gasteiger partial charge in [0.15, 0.2) is 12.6 Å². The van der Waals surface area contributed by atoms with E-state index in [4.69, 9.17) is 14.2 Å². The lowest BCUT2D eigenvalue weighted by atomic mass is 10.1. The second kappa shape index (κ2) is 8.22. The number of para-hydroxylation sites is 1. The van der Waals surface area contributed by atoms with Crippen LogP contribution < -0.4 is 4.74 Å². The molecule has 0 amide bonds. The molecule has 17 heavy (non-hydrogen) atoms. The van der Waals surface area contributed by atoms with E-state index in [-0.39, 0.29) is 19.2 Å². The molecular weight excluding hydrogens is 288 g/mol. The maximum Gasteiger partial charge on any atom is 0.192 e. The predicted molar refractivity (Wildman–Crippen MR) is 67.9 cm³/mol. The van der Waals surface area contributed by atoms with E-state index in [1.165, 1.54) is 7.11 Å². The van der Waals surface area contributed by atoms with Crippen LogP contribution in [0, 0.1) is 0 Å². The minimum Gasteiger partial charge on any atom is -0.467 e. The summed E-state index contributed by atoms with van der Waals surface area (Å²) >= 11 is 3.23. The fourth-order valence-electron chi connectivity index (χ4n) is 1.24. The second-order valence-electron chi connectivity index (χ2n) is 3.21. The maximum absolute atomic E-state index is 11.8. The summed E-state index contributed by atoms with van der Waals surface area (Å²) in [5.41, 5.74) is 0.513. The van der Waals surface area contributed by atoms with Gasteiger partial charge < -0.3 is 14.2 Å². The normalized spacial score (nSPS) is 10.2. The van der Waals surface area contributed by atoms with Gasteiger partial charge in [-0.15, -0.1) is 0 Å². The smallest absolute Gasteiger partial charge is 0.192 e. The summed E-state index contributed by atoms with van der Waals surface area (Å²) in [4.78, 5) is 11.8. The number of carbonyl (C=O) groups excluding carboxylic acids is 1. The highest BCUT2D eigenvalue weighted by atomic mass is 79.9. The zero-order valence-electron chi connectivity index (χ0n) is 9.65. The Morgan fingerprint density at radius 1 is 1.35 bits per heavy atom. The Morgan fingerprint density at radius 2 is 2.12 bits per heavy atom. The van der Waals surface area contributed by atoms with E-state index >= 15 is 0 Å². The van der Waals surface area contributed by atoms with Gasteiger partial charge in [0, 0.05) is 12.4 Å². The Balaban J connectivity index is 2.64. The molecule has 0 aromatic heterocycles. The van der Waals surface area contributed by atoms with Gasteiger partial charge in [0.25, 0.3) is 0 Å². The van der Waals surface area contributed by atoms with Gasteiger partial charge in [0.2, 0.25) is 0 Å². The van der Waals surface area contributed by atoms with Crippen molar-refractivity contribution in [2.24, 2.45) is 0 Å². The Hall–Kier alpha value is -0.910. The number of ether oxygens (including phenoxy) is 3. The lowest BCUT2D eigenvalue weighted by Gasteiger charge is -2.09. The molecule has 0 bridgehead atoms. The van der Waals surface area contributed by atoms with Gasteiger partial charge in [0.1, 0.15) is 12.4 Å². The highest BCUT2D eigenvalue weighted by Gasteiger charge is 2.11. The summed E-state index contributed by atoms with van der Waals surface area (Å²) < 4.78 is 15.3. The molecule has 0 N–H and O–H groups in total. The van der Waals surface area contributed by atoms with Crippen LogP contribution in [0.5, 0.6) is 5.75 Å². The molecule has 0 saturated heterocycles. The van der Waals surface area contributed by atoms with Crippen LogP contribution in [0.2, 0.25) is 0 Å². The van der Waals surface area contributed by atoms with Crippen molar-refractivity contribution in [3.8, 4) is 5.75 Å². The average molecular weight is 303 g/mol. The lowest BCUT2D eigenvalue weighted by molar-refractivity contribution is 0.0495. The number of halogens is 1. The third-order valence-electron chi connectivity index (χ3n) is 1.97. The van der Waals surface area contributed by atoms with Gasteiger partial charge in [-0.05, 0) is 12.1 Å². The molecule has 0 heterocycles. The molecule has 0 unspecified atom stereocenters. The maximum atomic E-state index is 11.8. The van der Waals surface area contributed by atoms with Crippen molar-refractivity contribution < 1.29 is 19.0 Å². The first-order valence-electron chi connectivity index (χ1n) is 5.17. The first-order chi connectivity index (χ1) is 8.29. The molecule has 0 spiro atoms. The van der Waals surface area contributed by atoms with Crippen molar-refractivity contribution in [1.29, 1.82) is 0 Å². The van der Waals surface area contributed by atoms with E-state index in [1.807, 2.05) is 0 Å². The van der Waals surface area contributed by atoms with Crippen molar-refractivity contribution in [3.05, 3.63) is 29.8 Å². The van der Waals surface area contributed by atoms with Gasteiger partial charge in [-0.3, -0.25) is 4.79 Å². The fraction of sp³-hybridized carbons (Fsp3) is 0.417. The molecule has 0 aliphatic heterocycles. The number of benzene rings is 1. The molecule has 0 atom stereocenters. The highest BCUT2D eigenvalue weighted by Crippen LogP contribution is 2.18. The minimum atomic E-state index is -0.0994. The zero-order chi connectivity index (χ0) is 12.5. The van der Waals surface area contributed by atoms with E-state index < -0.39 is 0 Å². The van der Waals surface area contributed by atoms with Crippen LogP contribution in [0.15, 0.2) is 24.3 Å². The summed E-state index contributed by atoms with van der Waals surface area (Å²) in [6.45, 7) is 0.679. The van der Waals surface area contributed by atoms with Crippen molar-refractivity contribution in [2.75, 3.05) is 32.4 Å². The fourth-order valence-corrected chi connectivity index (χ4v) is 1.47. The standard InChI is InChI=1S/C12H15BrO4/c1-15-9-17-12-5-3-2-4-10(12)11(14)8-16-7-6-13/h2-5H,6-9H2,1H3. The van der Waals surface area contributed by atoms with E-state index in [0.717, 1.165) is 0 Å². The average Bonchev–Trinajstić information content (AvgIpc) is 2.37. The number of Topliss-reactive ketones (excluding diaryl/α,β-unsaturated/α-hetero) is 1. The van der Waals surface area contributed by atoms with E-state index in [9.17, 15) is 4.79 Å². The number of carbonyl (C=O) groups is 1. The summed E-state index contributed by atoms with van der Waals surface area (Å²) in [5, 5.41) is 0.710. The van der Waals surface area contributed by atoms with Crippen molar-refractivity contribution in [1.82, 2.24) is 0 Å². The SMILES string of the molecule is COCOc1ccccc1C(=O)COCCBr. The number of hydrogen-bond acceptors (Lipinski definition) is 4. The Morgan fingerprint density at radius 3 is 2.82 bits per heavy atom. The van der Waals surface area contributed by atoms with Gasteiger partial charge >= 0.3 is 0 Å². The largest absolute Gasteiger partial charge is 0.467 e. The number of hydrogen-bond donors (Lipinski definition) is 0. The summed E-state index contributed by atoms with van der Waals surface area (Å²) in [7, 11) is 1.53. The van der Waals surface area contributed by atoms with Crippen LogP contribution in [0.25, 0.3) is 0 Å². The number of ketones is 1. The van der Waals surface area contributed by atoms with Crippen LogP contribution in [0.1, 0.15) is 10.4 Å². The monoisotopic (exact) mass is 302 g/mol. The molecule has 0 radical (unpaired) electrons. The first-order valence-corrected chi connectivity index (χ1v) is 6.29. The number of alkyl halides is 1. The van der Waals surface area contributed by atoms with E-state index in [1.54, 1.807) is 24.3 Å². The minimum absolute atomic E-state index is 0.0545. The van der Waals surface area contributed by atoms with Gasteiger partial charge in [-0.25, -0.2) is 0 Å². The van der Waals surface area contributed by atoms with Crippen molar-refractivity contribution in [3.63, 3.8) is 0 Å². The van der Waals surface area contributed by atoms with Gasteiger partial charge in [0.05, 0.1) is 12.2 Å². The third kappa shape index (κ3) is 4.85. The molecule has 5 heteroatoms. The number of methoxy groups -OCH3 is 1. The summed E-state index contributed by atoms with van der Waals surface area (Å²) in [6.07, 6.45) is 0. The predicted octanol–water partition coefficient (Wildman–Crippen LogP) is 2.26. The first kappa shape index (κ1) is 14.2. The Bertz CT molecular complexity index is 354. The Kier molecular flexibility index (Phi) is 6.84. The Labute approximate surface area is 109 Å². The quantitative estimate of drug-likeness (QED) is 0.320.